The Labute approximate surface area is 124 Å². The van der Waals surface area contributed by atoms with Gasteiger partial charge in [0, 0.05) is 5.56 Å². The van der Waals surface area contributed by atoms with Gasteiger partial charge in [-0.2, -0.15) is 0 Å². The van der Waals surface area contributed by atoms with Crippen LogP contribution in [0.25, 0.3) is 11.3 Å². The van der Waals surface area contributed by atoms with Crippen molar-refractivity contribution in [2.75, 3.05) is 0 Å². The molecule has 1 aromatic heterocycles. The van der Waals surface area contributed by atoms with E-state index in [2.05, 4.69) is 43.2 Å². The monoisotopic (exact) mass is 287 g/mol. The third-order valence-electron chi connectivity index (χ3n) is 3.65. The molecule has 1 heterocycles. The summed E-state index contributed by atoms with van der Waals surface area (Å²) in [5, 5.41) is 17.2. The first-order valence-corrected chi connectivity index (χ1v) is 6.89. The van der Waals surface area contributed by atoms with E-state index in [9.17, 15) is 9.90 Å². The summed E-state index contributed by atoms with van der Waals surface area (Å²) in [7, 11) is 0. The molecule has 1 N–H and O–H groups in total. The zero-order chi connectivity index (χ0) is 15.8. The zero-order valence-electron chi connectivity index (χ0n) is 13.1. The average molecular weight is 287 g/mol. The first kappa shape index (κ1) is 15.2. The van der Waals surface area contributed by atoms with E-state index in [0.717, 1.165) is 5.56 Å². The Morgan fingerprint density at radius 1 is 1.10 bits per heavy atom. The van der Waals surface area contributed by atoms with Crippen LogP contribution in [0, 0.1) is 0 Å². The van der Waals surface area contributed by atoms with E-state index in [-0.39, 0.29) is 5.41 Å². The van der Waals surface area contributed by atoms with Crippen LogP contribution < -0.4 is 0 Å². The second-order valence-corrected chi connectivity index (χ2v) is 6.72. The first-order chi connectivity index (χ1) is 9.64. The Morgan fingerprint density at radius 3 is 2.14 bits per heavy atom. The standard InChI is InChI=1S/C16H21N3O2/c1-15(2,3)12-8-6-11(7-9-12)13-10-17-18-19(13)16(4,5)14(20)21/h6-10H,1-5H3,(H,20,21). The molecule has 0 fully saturated rings. The van der Waals surface area contributed by atoms with Crippen LogP contribution in [0.2, 0.25) is 0 Å². The Kier molecular flexibility index (Phi) is 3.61. The molecule has 1 aromatic carbocycles. The van der Waals surface area contributed by atoms with Crippen LogP contribution in [-0.4, -0.2) is 26.1 Å². The number of carboxylic acid groups (broad SMARTS) is 1. The molecule has 0 saturated carbocycles. The average Bonchev–Trinajstić information content (AvgIpc) is 2.87. The predicted molar refractivity (Wildman–Crippen MR) is 81.1 cm³/mol. The Balaban J connectivity index is 2.45. The van der Waals surface area contributed by atoms with Gasteiger partial charge >= 0.3 is 5.97 Å². The smallest absolute Gasteiger partial charge is 0.331 e. The van der Waals surface area contributed by atoms with Crippen LogP contribution in [0.3, 0.4) is 0 Å². The summed E-state index contributed by atoms with van der Waals surface area (Å²) in [4.78, 5) is 11.4. The van der Waals surface area contributed by atoms with Crippen LogP contribution in [0.15, 0.2) is 30.5 Å². The molecule has 0 spiro atoms. The maximum absolute atomic E-state index is 11.4. The zero-order valence-corrected chi connectivity index (χ0v) is 13.1. The molecule has 0 bridgehead atoms. The maximum atomic E-state index is 11.4. The largest absolute Gasteiger partial charge is 0.479 e. The molecule has 5 nitrogen and oxygen atoms in total. The van der Waals surface area contributed by atoms with Gasteiger partial charge in [-0.05, 0) is 24.8 Å². The summed E-state index contributed by atoms with van der Waals surface area (Å²) in [6, 6.07) is 8.07. The topological polar surface area (TPSA) is 68.0 Å². The molecule has 5 heteroatoms. The van der Waals surface area contributed by atoms with Gasteiger partial charge in [0.05, 0.1) is 11.9 Å². The molecule has 2 aromatic rings. The lowest BCUT2D eigenvalue weighted by atomic mass is 9.86. The predicted octanol–water partition coefficient (Wildman–Crippen LogP) is 3.06. The van der Waals surface area contributed by atoms with Crippen molar-refractivity contribution in [2.24, 2.45) is 0 Å². The van der Waals surface area contributed by atoms with Crippen LogP contribution in [-0.2, 0) is 15.7 Å². The minimum Gasteiger partial charge on any atom is -0.479 e. The van der Waals surface area contributed by atoms with Crippen LogP contribution in [0.5, 0.6) is 0 Å². The molecule has 0 atom stereocenters. The summed E-state index contributed by atoms with van der Waals surface area (Å²) < 4.78 is 1.45. The van der Waals surface area contributed by atoms with Gasteiger partial charge < -0.3 is 5.11 Å². The highest BCUT2D eigenvalue weighted by atomic mass is 16.4. The number of carbonyl (C=O) groups is 1. The Hall–Kier alpha value is -2.17. The molecule has 112 valence electrons. The summed E-state index contributed by atoms with van der Waals surface area (Å²) in [6.07, 6.45) is 1.59. The Bertz CT molecular complexity index is 649. The lowest BCUT2D eigenvalue weighted by molar-refractivity contribution is -0.146. The minimum absolute atomic E-state index is 0.0807. The van der Waals surface area contributed by atoms with Crippen molar-refractivity contribution in [3.8, 4) is 11.3 Å². The van der Waals surface area contributed by atoms with E-state index in [1.54, 1.807) is 20.0 Å². The van der Waals surface area contributed by atoms with Gasteiger partial charge in [0.15, 0.2) is 5.54 Å². The molecular formula is C16H21N3O2. The van der Waals surface area contributed by atoms with Crippen LogP contribution in [0.4, 0.5) is 0 Å². The van der Waals surface area contributed by atoms with Crippen molar-refractivity contribution in [1.29, 1.82) is 0 Å². The minimum atomic E-state index is -1.14. The van der Waals surface area contributed by atoms with Crippen LogP contribution in [0.1, 0.15) is 40.2 Å². The van der Waals surface area contributed by atoms with E-state index in [0.29, 0.717) is 5.69 Å². The summed E-state index contributed by atoms with van der Waals surface area (Å²) in [5.41, 5.74) is 1.76. The summed E-state index contributed by atoms with van der Waals surface area (Å²) in [6.45, 7) is 9.68. The van der Waals surface area contributed by atoms with Crippen molar-refractivity contribution in [2.45, 2.75) is 45.6 Å². The SMILES string of the molecule is CC(C)(C)c1ccc(-c2cnnn2C(C)(C)C(=O)O)cc1. The molecule has 0 amide bonds. The second kappa shape index (κ2) is 4.98. The lowest BCUT2D eigenvalue weighted by Crippen LogP contribution is -2.37. The van der Waals surface area contributed by atoms with Gasteiger partial charge in [0.25, 0.3) is 0 Å². The number of aliphatic carboxylic acids is 1. The number of rotatable bonds is 3. The van der Waals surface area contributed by atoms with Gasteiger partial charge in [-0.25, -0.2) is 9.48 Å². The number of hydrogen-bond acceptors (Lipinski definition) is 3. The highest BCUT2D eigenvalue weighted by Gasteiger charge is 2.32. The van der Waals surface area contributed by atoms with Crippen molar-refractivity contribution in [1.82, 2.24) is 15.0 Å². The third kappa shape index (κ3) is 2.82. The molecule has 0 radical (unpaired) electrons. The summed E-state index contributed by atoms with van der Waals surface area (Å²) >= 11 is 0. The third-order valence-corrected chi connectivity index (χ3v) is 3.65. The van der Waals surface area contributed by atoms with E-state index in [1.165, 1.54) is 10.2 Å². The number of hydrogen-bond donors (Lipinski definition) is 1. The van der Waals surface area contributed by atoms with Crippen molar-refractivity contribution in [3.63, 3.8) is 0 Å². The highest BCUT2D eigenvalue weighted by molar-refractivity contribution is 5.77. The molecule has 0 aliphatic rings. The number of carboxylic acids is 1. The molecule has 0 saturated heterocycles. The molecule has 21 heavy (non-hydrogen) atoms. The molecule has 0 unspecified atom stereocenters. The normalized spacial score (nSPS) is 12.4. The van der Waals surface area contributed by atoms with Gasteiger partial charge in [-0.1, -0.05) is 50.3 Å². The first-order valence-electron chi connectivity index (χ1n) is 6.89. The van der Waals surface area contributed by atoms with E-state index >= 15 is 0 Å². The molecular weight excluding hydrogens is 266 g/mol. The summed E-state index contributed by atoms with van der Waals surface area (Å²) in [5.74, 6) is -0.944. The Morgan fingerprint density at radius 2 is 1.67 bits per heavy atom. The van der Waals surface area contributed by atoms with E-state index in [4.69, 9.17) is 0 Å². The van der Waals surface area contributed by atoms with Crippen LogP contribution >= 0.6 is 0 Å². The fourth-order valence-electron chi connectivity index (χ4n) is 2.08. The number of benzene rings is 1. The van der Waals surface area contributed by atoms with E-state index in [1.807, 2.05) is 12.1 Å². The van der Waals surface area contributed by atoms with Gasteiger partial charge in [-0.15, -0.1) is 5.10 Å². The van der Waals surface area contributed by atoms with Gasteiger partial charge in [-0.3, -0.25) is 0 Å². The number of aromatic nitrogens is 3. The quantitative estimate of drug-likeness (QED) is 0.942. The fourth-order valence-corrected chi connectivity index (χ4v) is 2.08. The molecule has 0 aliphatic heterocycles. The van der Waals surface area contributed by atoms with Crippen molar-refractivity contribution in [3.05, 3.63) is 36.0 Å². The van der Waals surface area contributed by atoms with Crippen molar-refractivity contribution < 1.29 is 9.90 Å². The number of nitrogens with zero attached hydrogens (tertiary/aromatic N) is 3. The van der Waals surface area contributed by atoms with E-state index < -0.39 is 11.5 Å². The fraction of sp³-hybridized carbons (Fsp3) is 0.438. The lowest BCUT2D eigenvalue weighted by Gasteiger charge is -2.22. The highest BCUT2D eigenvalue weighted by Crippen LogP contribution is 2.28. The second-order valence-electron chi connectivity index (χ2n) is 6.72. The van der Waals surface area contributed by atoms with Gasteiger partial charge in [0.2, 0.25) is 0 Å². The molecule has 0 aliphatic carbocycles. The maximum Gasteiger partial charge on any atom is 0.331 e. The molecule has 2 rings (SSSR count). The van der Waals surface area contributed by atoms with Gasteiger partial charge in [0.1, 0.15) is 0 Å². The van der Waals surface area contributed by atoms with Crippen molar-refractivity contribution >= 4 is 5.97 Å².